The molecule has 0 heterocycles. The number of likely N-dealkylation sites (N-methyl/N-ethyl adjacent to an activating group) is 1. The van der Waals surface area contributed by atoms with Crippen molar-refractivity contribution in [2.45, 2.75) is 129 Å². The van der Waals surface area contributed by atoms with Gasteiger partial charge in [-0.05, 0) is 19.3 Å². The molecule has 0 aromatic carbocycles. The highest BCUT2D eigenvalue weighted by Gasteiger charge is 2.35. The molecule has 184 valence electrons. The maximum absolute atomic E-state index is 13.2. The summed E-state index contributed by atoms with van der Waals surface area (Å²) in [5, 5.41) is 14.9. The van der Waals surface area contributed by atoms with Crippen LogP contribution in [0.2, 0.25) is 0 Å². The highest BCUT2D eigenvalue weighted by molar-refractivity contribution is 5.80. The molecule has 0 aliphatic heterocycles. The number of carbonyl (C=O) groups is 2. The maximum atomic E-state index is 13.2. The van der Waals surface area contributed by atoms with Gasteiger partial charge in [0, 0.05) is 5.92 Å². The van der Waals surface area contributed by atoms with Crippen LogP contribution in [-0.4, -0.2) is 49.6 Å². The highest BCUT2D eigenvalue weighted by Crippen LogP contribution is 2.21. The van der Waals surface area contributed by atoms with Crippen LogP contribution in [0.15, 0.2) is 0 Å². The Labute approximate surface area is 192 Å². The normalized spacial score (nSPS) is 13.9. The van der Waals surface area contributed by atoms with Crippen LogP contribution in [0, 0.1) is 5.92 Å². The van der Waals surface area contributed by atoms with Crippen LogP contribution in [0.4, 0.5) is 0 Å². The number of nitrogens with one attached hydrogen (secondary N) is 1. The van der Waals surface area contributed by atoms with Gasteiger partial charge in [0.25, 0.3) is 0 Å². The van der Waals surface area contributed by atoms with E-state index in [0.29, 0.717) is 6.42 Å². The standard InChI is InChI=1S/C26H52N2O3/c1-7-10-12-14-16-18-20-22(21-19-17-15-13-11-8-2)25(29)27-23(9-3)24(26(30)31)28(4,5)6/h22-24H,7-21H2,1-6H3,(H-,27,29,30,31). The van der Waals surface area contributed by atoms with Crippen LogP contribution < -0.4 is 10.4 Å². The van der Waals surface area contributed by atoms with Crippen molar-refractivity contribution >= 4 is 11.9 Å². The van der Waals surface area contributed by atoms with Gasteiger partial charge < -0.3 is 19.7 Å². The van der Waals surface area contributed by atoms with Crippen molar-refractivity contribution in [1.29, 1.82) is 0 Å². The van der Waals surface area contributed by atoms with E-state index in [0.717, 1.165) is 25.7 Å². The van der Waals surface area contributed by atoms with Gasteiger partial charge in [-0.2, -0.15) is 0 Å². The Bertz CT molecular complexity index is 458. The molecule has 0 fully saturated rings. The van der Waals surface area contributed by atoms with Crippen molar-refractivity contribution < 1.29 is 19.2 Å². The Morgan fingerprint density at radius 3 is 1.52 bits per heavy atom. The van der Waals surface area contributed by atoms with Gasteiger partial charge in [0.15, 0.2) is 0 Å². The van der Waals surface area contributed by atoms with Crippen LogP contribution in [0.3, 0.4) is 0 Å². The second kappa shape index (κ2) is 17.5. The predicted octanol–water partition coefficient (Wildman–Crippen LogP) is 4.82. The average Bonchev–Trinajstić information content (AvgIpc) is 2.69. The predicted molar refractivity (Wildman–Crippen MR) is 129 cm³/mol. The summed E-state index contributed by atoms with van der Waals surface area (Å²) < 4.78 is 0.237. The number of hydrogen-bond acceptors (Lipinski definition) is 3. The highest BCUT2D eigenvalue weighted by atomic mass is 16.4. The Balaban J connectivity index is 4.90. The Hall–Kier alpha value is -1.10. The van der Waals surface area contributed by atoms with Gasteiger partial charge in [-0.25, -0.2) is 0 Å². The van der Waals surface area contributed by atoms with Crippen LogP contribution in [-0.2, 0) is 9.59 Å². The quantitative estimate of drug-likeness (QED) is 0.218. The van der Waals surface area contributed by atoms with E-state index < -0.39 is 18.1 Å². The third-order valence-electron chi connectivity index (χ3n) is 6.41. The first kappa shape index (κ1) is 29.9. The number of carboxylic acids is 1. The molecule has 0 aliphatic rings. The fourth-order valence-electron chi connectivity index (χ4n) is 4.47. The molecule has 0 saturated heterocycles. The van der Waals surface area contributed by atoms with E-state index in [1.54, 1.807) is 0 Å². The molecule has 0 aromatic heterocycles. The van der Waals surface area contributed by atoms with E-state index in [1.807, 2.05) is 28.1 Å². The van der Waals surface area contributed by atoms with Crippen molar-refractivity contribution in [3.8, 4) is 0 Å². The van der Waals surface area contributed by atoms with E-state index in [-0.39, 0.29) is 16.3 Å². The summed E-state index contributed by atoms with van der Waals surface area (Å²) >= 11 is 0. The minimum absolute atomic E-state index is 0.0127. The molecule has 1 amide bonds. The molecule has 2 atom stereocenters. The minimum Gasteiger partial charge on any atom is -0.544 e. The van der Waals surface area contributed by atoms with Gasteiger partial charge in [-0.1, -0.05) is 97.8 Å². The Morgan fingerprint density at radius 1 is 0.742 bits per heavy atom. The van der Waals surface area contributed by atoms with Gasteiger partial charge >= 0.3 is 0 Å². The third kappa shape index (κ3) is 13.8. The molecule has 0 aliphatic carbocycles. The van der Waals surface area contributed by atoms with E-state index in [2.05, 4.69) is 19.2 Å². The molecule has 0 rings (SSSR count). The monoisotopic (exact) mass is 440 g/mol. The van der Waals surface area contributed by atoms with Gasteiger partial charge in [0.2, 0.25) is 5.91 Å². The van der Waals surface area contributed by atoms with Crippen molar-refractivity contribution in [1.82, 2.24) is 5.32 Å². The number of nitrogens with zero attached hydrogens (tertiary/aromatic N) is 1. The first-order valence-corrected chi connectivity index (χ1v) is 13.0. The number of amides is 1. The molecule has 5 nitrogen and oxygen atoms in total. The summed E-state index contributed by atoms with van der Waals surface area (Å²) in [4.78, 5) is 25.0. The van der Waals surface area contributed by atoms with Crippen LogP contribution in [0.1, 0.15) is 117 Å². The molecule has 0 spiro atoms. The second-order valence-electron chi connectivity index (χ2n) is 10.2. The topological polar surface area (TPSA) is 69.2 Å². The van der Waals surface area contributed by atoms with Gasteiger partial charge in [-0.15, -0.1) is 0 Å². The van der Waals surface area contributed by atoms with E-state index in [4.69, 9.17) is 0 Å². The van der Waals surface area contributed by atoms with Crippen LogP contribution >= 0.6 is 0 Å². The van der Waals surface area contributed by atoms with E-state index in [1.165, 1.54) is 64.2 Å². The number of rotatable bonds is 20. The van der Waals surface area contributed by atoms with Gasteiger partial charge in [0.1, 0.15) is 12.0 Å². The smallest absolute Gasteiger partial charge is 0.223 e. The van der Waals surface area contributed by atoms with Crippen LogP contribution in [0.5, 0.6) is 0 Å². The molecule has 1 N–H and O–H groups in total. The Kier molecular flexibility index (Phi) is 16.8. The summed E-state index contributed by atoms with van der Waals surface area (Å²) in [7, 11) is 5.54. The summed E-state index contributed by atoms with van der Waals surface area (Å²) in [6.45, 7) is 6.38. The molecule has 0 radical (unpaired) electrons. The summed E-state index contributed by atoms with van der Waals surface area (Å²) in [6.07, 6.45) is 17.0. The third-order valence-corrected chi connectivity index (χ3v) is 6.41. The van der Waals surface area contributed by atoms with Gasteiger partial charge in [-0.3, -0.25) is 4.79 Å². The largest absolute Gasteiger partial charge is 0.544 e. The number of aliphatic carboxylic acids is 1. The second-order valence-corrected chi connectivity index (χ2v) is 10.2. The molecular formula is C26H52N2O3. The van der Waals surface area contributed by atoms with Crippen LogP contribution in [0.25, 0.3) is 0 Å². The zero-order valence-corrected chi connectivity index (χ0v) is 21.5. The number of quaternary nitrogens is 1. The van der Waals surface area contributed by atoms with E-state index >= 15 is 0 Å². The lowest BCUT2D eigenvalue weighted by Gasteiger charge is -2.40. The minimum atomic E-state index is -1.09. The number of carboxylic acid groups (broad SMARTS) is 1. The first-order chi connectivity index (χ1) is 14.7. The summed E-state index contributed by atoms with van der Waals surface area (Å²) in [5.74, 6) is -1.07. The average molecular weight is 441 g/mol. The summed E-state index contributed by atoms with van der Waals surface area (Å²) in [6, 6.07) is -1.16. The first-order valence-electron chi connectivity index (χ1n) is 13.0. The summed E-state index contributed by atoms with van der Waals surface area (Å²) in [5.41, 5.74) is 0. The zero-order valence-electron chi connectivity index (χ0n) is 21.5. The lowest BCUT2D eigenvalue weighted by atomic mass is 9.92. The molecule has 31 heavy (non-hydrogen) atoms. The number of unbranched alkanes of at least 4 members (excludes halogenated alkanes) is 10. The fraction of sp³-hybridized carbons (Fsp3) is 0.923. The maximum Gasteiger partial charge on any atom is 0.223 e. The molecule has 0 saturated carbocycles. The number of carbonyl (C=O) groups excluding carboxylic acids is 2. The Morgan fingerprint density at radius 2 is 1.16 bits per heavy atom. The molecule has 2 unspecified atom stereocenters. The molecule has 0 aromatic rings. The van der Waals surface area contributed by atoms with Crippen molar-refractivity contribution in [2.24, 2.45) is 5.92 Å². The van der Waals surface area contributed by atoms with E-state index in [9.17, 15) is 14.7 Å². The lowest BCUT2D eigenvalue weighted by Crippen LogP contribution is -2.64. The van der Waals surface area contributed by atoms with Gasteiger partial charge in [0.05, 0.1) is 27.2 Å². The molecular weight excluding hydrogens is 388 g/mol. The van der Waals surface area contributed by atoms with Crippen molar-refractivity contribution in [2.75, 3.05) is 21.1 Å². The van der Waals surface area contributed by atoms with Crippen molar-refractivity contribution in [3.63, 3.8) is 0 Å². The zero-order chi connectivity index (χ0) is 23.7. The lowest BCUT2D eigenvalue weighted by molar-refractivity contribution is -0.890. The molecule has 5 heteroatoms. The SMILES string of the molecule is CCCCCCCCC(CCCCCCCC)C(=O)NC(CC)C(C(=O)[O-])[N+](C)(C)C. The number of hydrogen-bond donors (Lipinski definition) is 1. The van der Waals surface area contributed by atoms with Crippen molar-refractivity contribution in [3.05, 3.63) is 0 Å². The fourth-order valence-corrected chi connectivity index (χ4v) is 4.47. The molecule has 0 bridgehead atoms.